The lowest BCUT2D eigenvalue weighted by Gasteiger charge is -2.20. The van der Waals surface area contributed by atoms with E-state index in [4.69, 9.17) is 0 Å². The molecule has 2 aliphatic heterocycles. The summed E-state index contributed by atoms with van der Waals surface area (Å²) in [4.78, 5) is 22.4. The minimum atomic E-state index is -4.71. The first kappa shape index (κ1) is 12.2. The Morgan fingerprint density at radius 2 is 2.00 bits per heavy atom. The Labute approximate surface area is 95.2 Å². The first-order chi connectivity index (χ1) is 7.78. The Morgan fingerprint density at radius 1 is 1.35 bits per heavy atom. The van der Waals surface area contributed by atoms with Gasteiger partial charge in [-0.1, -0.05) is 0 Å². The molecule has 1 spiro atoms. The zero-order chi connectivity index (χ0) is 12.8. The van der Waals surface area contributed by atoms with Crippen LogP contribution in [0, 0.1) is 0 Å². The van der Waals surface area contributed by atoms with Gasteiger partial charge in [-0.15, -0.1) is 0 Å². The van der Waals surface area contributed by atoms with Crippen LogP contribution in [0.2, 0.25) is 0 Å². The summed E-state index contributed by atoms with van der Waals surface area (Å²) in [5.74, 6) is -4.22. The molecule has 2 fully saturated rings. The van der Waals surface area contributed by atoms with Gasteiger partial charge in [0.1, 0.15) is 5.54 Å². The smallest absolute Gasteiger partial charge is 0.322 e. The number of amides is 3. The third-order valence-electron chi connectivity index (χ3n) is 2.83. The van der Waals surface area contributed by atoms with Gasteiger partial charge in [-0.2, -0.15) is 13.1 Å². The Hall–Kier alpha value is -1.29. The summed E-state index contributed by atoms with van der Waals surface area (Å²) >= 11 is 0. The minimum Gasteiger partial charge on any atom is -0.322 e. The van der Waals surface area contributed by atoms with E-state index in [0.717, 1.165) is 0 Å². The van der Waals surface area contributed by atoms with Crippen molar-refractivity contribution in [3.8, 4) is 0 Å². The number of nitrogens with zero attached hydrogens (tertiary/aromatic N) is 1. The second kappa shape index (κ2) is 3.60. The van der Waals surface area contributed by atoms with Gasteiger partial charge in [-0.25, -0.2) is 13.2 Å². The van der Waals surface area contributed by atoms with E-state index in [1.165, 1.54) is 0 Å². The fourth-order valence-electron chi connectivity index (χ4n) is 1.92. The van der Waals surface area contributed by atoms with Crippen molar-refractivity contribution >= 4 is 22.0 Å². The molecule has 0 aromatic heterocycles. The molecule has 1 atom stereocenters. The van der Waals surface area contributed by atoms with Gasteiger partial charge in [0.2, 0.25) is 0 Å². The molecule has 2 saturated heterocycles. The van der Waals surface area contributed by atoms with E-state index in [0.29, 0.717) is 4.31 Å². The number of hydrogen-bond donors (Lipinski definition) is 2. The predicted molar refractivity (Wildman–Crippen MR) is 50.5 cm³/mol. The number of carbonyl (C=O) groups is 2. The van der Waals surface area contributed by atoms with Gasteiger partial charge in [0, 0.05) is 13.1 Å². The van der Waals surface area contributed by atoms with Crippen LogP contribution in [0.5, 0.6) is 0 Å². The molecule has 0 aromatic carbocycles. The Morgan fingerprint density at radius 3 is 2.47 bits per heavy atom. The number of alkyl halides is 2. The monoisotopic (exact) mass is 269 g/mol. The summed E-state index contributed by atoms with van der Waals surface area (Å²) in [6, 6.07) is -0.744. The van der Waals surface area contributed by atoms with E-state index in [-0.39, 0.29) is 13.0 Å². The Balaban J connectivity index is 2.21. The van der Waals surface area contributed by atoms with E-state index in [2.05, 4.69) is 5.32 Å². The lowest BCUT2D eigenvalue weighted by molar-refractivity contribution is -0.123. The number of rotatable bonds is 2. The molecule has 1 unspecified atom stereocenters. The highest BCUT2D eigenvalue weighted by Crippen LogP contribution is 2.28. The average Bonchev–Trinajstić information content (AvgIpc) is 2.73. The van der Waals surface area contributed by atoms with Crippen molar-refractivity contribution in [1.29, 1.82) is 0 Å². The second-order valence-electron chi connectivity index (χ2n) is 3.88. The van der Waals surface area contributed by atoms with Gasteiger partial charge >= 0.3 is 11.8 Å². The number of sulfonamides is 1. The van der Waals surface area contributed by atoms with Crippen LogP contribution in [0.15, 0.2) is 0 Å². The first-order valence-corrected chi connectivity index (χ1v) is 6.19. The molecule has 0 radical (unpaired) electrons. The molecular weight excluding hydrogens is 260 g/mol. The minimum absolute atomic E-state index is 0.0173. The topological polar surface area (TPSA) is 95.6 Å². The van der Waals surface area contributed by atoms with Crippen molar-refractivity contribution < 1.29 is 26.8 Å². The largest absolute Gasteiger partial charge is 0.350 e. The molecule has 0 aliphatic carbocycles. The fraction of sp³-hybridized carbons (Fsp3) is 0.714. The molecule has 17 heavy (non-hydrogen) atoms. The maximum absolute atomic E-state index is 12.3. The summed E-state index contributed by atoms with van der Waals surface area (Å²) in [7, 11) is -4.71. The van der Waals surface area contributed by atoms with Gasteiger partial charge < -0.3 is 5.32 Å². The average molecular weight is 269 g/mol. The normalized spacial score (nSPS) is 30.1. The van der Waals surface area contributed by atoms with Crippen LogP contribution in [0.4, 0.5) is 13.6 Å². The molecule has 2 heterocycles. The standard InChI is InChI=1S/C7H9F2N3O4S/c8-5(9)17(15,16)12-2-1-7(3-12)4(13)10-6(14)11-7/h5H,1-3H2,(H2,10,11,13,14). The zero-order valence-corrected chi connectivity index (χ0v) is 9.26. The molecule has 0 aromatic rings. The van der Waals surface area contributed by atoms with Crippen molar-refractivity contribution in [3.63, 3.8) is 0 Å². The number of imide groups is 1. The molecular formula is C7H9F2N3O4S. The molecule has 2 rings (SSSR count). The SMILES string of the molecule is O=C1NC(=O)C2(CCN(S(=O)(=O)C(F)F)C2)N1. The molecule has 0 saturated carbocycles. The predicted octanol–water partition coefficient (Wildman–Crippen LogP) is -1.18. The lowest BCUT2D eigenvalue weighted by atomic mass is 10.00. The van der Waals surface area contributed by atoms with Crippen LogP contribution in [-0.2, 0) is 14.8 Å². The van der Waals surface area contributed by atoms with Crippen LogP contribution in [0.1, 0.15) is 6.42 Å². The van der Waals surface area contributed by atoms with Crippen LogP contribution in [-0.4, -0.2) is 49.0 Å². The fourth-order valence-corrected chi connectivity index (χ4v) is 2.89. The van der Waals surface area contributed by atoms with E-state index in [1.54, 1.807) is 0 Å². The van der Waals surface area contributed by atoms with Crippen LogP contribution >= 0.6 is 0 Å². The summed E-state index contributed by atoms with van der Waals surface area (Å²) in [6.07, 6.45) is -0.0173. The highest BCUT2D eigenvalue weighted by atomic mass is 32.2. The molecule has 2 aliphatic rings. The van der Waals surface area contributed by atoms with Crippen LogP contribution in [0.3, 0.4) is 0 Å². The Kier molecular flexibility index (Phi) is 2.58. The van der Waals surface area contributed by atoms with E-state index in [9.17, 15) is 26.8 Å². The highest BCUT2D eigenvalue weighted by molar-refractivity contribution is 7.89. The molecule has 96 valence electrons. The summed E-state index contributed by atoms with van der Waals surface area (Å²) in [5, 5.41) is 4.22. The van der Waals surface area contributed by atoms with Gasteiger partial charge in [0.05, 0.1) is 0 Å². The first-order valence-electron chi connectivity index (χ1n) is 4.69. The third kappa shape index (κ3) is 1.76. The van der Waals surface area contributed by atoms with Crippen molar-refractivity contribution in [2.45, 2.75) is 17.7 Å². The number of halogens is 2. The van der Waals surface area contributed by atoms with Crippen LogP contribution in [0.25, 0.3) is 0 Å². The lowest BCUT2D eigenvalue weighted by Crippen LogP contribution is -2.50. The van der Waals surface area contributed by atoms with E-state index < -0.39 is 39.8 Å². The molecule has 2 N–H and O–H groups in total. The highest BCUT2D eigenvalue weighted by Gasteiger charge is 2.54. The molecule has 3 amide bonds. The number of urea groups is 1. The second-order valence-corrected chi connectivity index (χ2v) is 5.78. The molecule has 0 bridgehead atoms. The van der Waals surface area contributed by atoms with Crippen molar-refractivity contribution in [3.05, 3.63) is 0 Å². The third-order valence-corrected chi connectivity index (χ3v) is 4.32. The van der Waals surface area contributed by atoms with E-state index >= 15 is 0 Å². The summed E-state index contributed by atoms with van der Waals surface area (Å²) < 4.78 is 47.5. The maximum Gasteiger partial charge on any atom is 0.350 e. The van der Waals surface area contributed by atoms with Crippen molar-refractivity contribution in [1.82, 2.24) is 14.9 Å². The number of carbonyl (C=O) groups excluding carboxylic acids is 2. The molecule has 7 nitrogen and oxygen atoms in total. The summed E-state index contributed by atoms with van der Waals surface area (Å²) in [5.41, 5.74) is -1.40. The number of nitrogens with one attached hydrogen (secondary N) is 2. The van der Waals surface area contributed by atoms with Gasteiger partial charge in [-0.3, -0.25) is 10.1 Å². The van der Waals surface area contributed by atoms with E-state index in [1.807, 2.05) is 5.32 Å². The quantitative estimate of drug-likeness (QED) is 0.617. The van der Waals surface area contributed by atoms with Crippen molar-refractivity contribution in [2.75, 3.05) is 13.1 Å². The van der Waals surface area contributed by atoms with Gasteiger partial charge in [0.25, 0.3) is 15.9 Å². The Bertz CT molecular complexity index is 480. The summed E-state index contributed by atoms with van der Waals surface area (Å²) in [6.45, 7) is -0.683. The zero-order valence-electron chi connectivity index (χ0n) is 8.44. The molecule has 10 heteroatoms. The maximum atomic E-state index is 12.3. The number of hydrogen-bond acceptors (Lipinski definition) is 4. The van der Waals surface area contributed by atoms with Crippen LogP contribution < -0.4 is 10.6 Å². The van der Waals surface area contributed by atoms with Gasteiger partial charge in [0.15, 0.2) is 0 Å². The van der Waals surface area contributed by atoms with Crippen molar-refractivity contribution in [2.24, 2.45) is 0 Å². The van der Waals surface area contributed by atoms with Gasteiger partial charge in [-0.05, 0) is 6.42 Å².